The third-order valence-corrected chi connectivity index (χ3v) is 4.68. The largest absolute Gasteiger partial charge is 0.483 e. The van der Waals surface area contributed by atoms with Crippen molar-refractivity contribution in [3.8, 4) is 5.75 Å². The summed E-state index contributed by atoms with van der Waals surface area (Å²) in [4.78, 5) is 23.6. The highest BCUT2D eigenvalue weighted by atomic mass is 16.5. The van der Waals surface area contributed by atoms with Crippen LogP contribution >= 0.6 is 0 Å². The predicted octanol–water partition coefficient (Wildman–Crippen LogP) is 2.34. The normalized spacial score (nSPS) is 10.6. The number of aromatic nitrogens is 2. The standard InChI is InChI=1S/C22H24N4O3/c1-15-19(16(2)26(25-15)13-17-8-4-3-5-9-17)12-24-21(27)14-29-20-11-7-6-10-18(20)22(23)28/h3-11H,12-14H2,1-2H3,(H2,23,28)(H,24,27). The lowest BCUT2D eigenvalue weighted by molar-refractivity contribution is -0.123. The molecule has 2 aromatic carbocycles. The Labute approximate surface area is 169 Å². The second-order valence-corrected chi connectivity index (χ2v) is 6.72. The Hall–Kier alpha value is -3.61. The van der Waals surface area contributed by atoms with E-state index in [1.165, 1.54) is 0 Å². The van der Waals surface area contributed by atoms with E-state index in [1.807, 2.05) is 36.7 Å². The van der Waals surface area contributed by atoms with Crippen LogP contribution in [0.2, 0.25) is 0 Å². The molecule has 1 aromatic heterocycles. The molecule has 0 saturated carbocycles. The first-order chi connectivity index (χ1) is 14.0. The first-order valence-corrected chi connectivity index (χ1v) is 9.31. The van der Waals surface area contributed by atoms with Gasteiger partial charge in [-0.1, -0.05) is 42.5 Å². The zero-order valence-electron chi connectivity index (χ0n) is 16.5. The van der Waals surface area contributed by atoms with Gasteiger partial charge in [0.15, 0.2) is 6.61 Å². The maximum Gasteiger partial charge on any atom is 0.258 e. The van der Waals surface area contributed by atoms with Crippen molar-refractivity contribution in [1.29, 1.82) is 0 Å². The van der Waals surface area contributed by atoms with E-state index in [0.717, 1.165) is 22.5 Å². The molecule has 0 aliphatic rings. The highest BCUT2D eigenvalue weighted by molar-refractivity contribution is 5.95. The smallest absolute Gasteiger partial charge is 0.258 e. The third kappa shape index (κ3) is 5.01. The number of nitrogens with two attached hydrogens (primary N) is 1. The molecule has 0 bridgehead atoms. The maximum absolute atomic E-state index is 12.2. The maximum atomic E-state index is 12.2. The molecule has 3 rings (SSSR count). The average molecular weight is 392 g/mol. The summed E-state index contributed by atoms with van der Waals surface area (Å²) < 4.78 is 7.40. The quantitative estimate of drug-likeness (QED) is 0.615. The number of hydrogen-bond donors (Lipinski definition) is 2. The van der Waals surface area contributed by atoms with E-state index in [-0.39, 0.29) is 23.8 Å². The molecule has 0 fully saturated rings. The van der Waals surface area contributed by atoms with Gasteiger partial charge in [-0.15, -0.1) is 0 Å². The minimum Gasteiger partial charge on any atom is -0.483 e. The molecule has 1 heterocycles. The Bertz CT molecular complexity index is 1010. The fourth-order valence-corrected chi connectivity index (χ4v) is 3.08. The van der Waals surface area contributed by atoms with Crippen LogP contribution in [0.15, 0.2) is 54.6 Å². The number of carbonyl (C=O) groups excluding carboxylic acids is 2. The van der Waals surface area contributed by atoms with Gasteiger partial charge in [0.2, 0.25) is 0 Å². The molecule has 3 N–H and O–H groups in total. The molecule has 0 unspecified atom stereocenters. The number of hydrogen-bond acceptors (Lipinski definition) is 4. The number of carbonyl (C=O) groups is 2. The number of amides is 2. The lowest BCUT2D eigenvalue weighted by Gasteiger charge is -2.10. The van der Waals surface area contributed by atoms with Crippen molar-refractivity contribution in [2.45, 2.75) is 26.9 Å². The molecular formula is C22H24N4O3. The van der Waals surface area contributed by atoms with Gasteiger partial charge in [0.25, 0.3) is 11.8 Å². The molecule has 150 valence electrons. The first kappa shape index (κ1) is 20.1. The van der Waals surface area contributed by atoms with E-state index < -0.39 is 5.91 Å². The SMILES string of the molecule is Cc1nn(Cc2ccccc2)c(C)c1CNC(=O)COc1ccccc1C(N)=O. The lowest BCUT2D eigenvalue weighted by atomic mass is 10.2. The van der Waals surface area contributed by atoms with Gasteiger partial charge >= 0.3 is 0 Å². The van der Waals surface area contributed by atoms with Crippen LogP contribution in [0.3, 0.4) is 0 Å². The van der Waals surface area contributed by atoms with E-state index in [1.54, 1.807) is 24.3 Å². The van der Waals surface area contributed by atoms with Gasteiger partial charge in [-0.05, 0) is 31.5 Å². The number of benzene rings is 2. The summed E-state index contributed by atoms with van der Waals surface area (Å²) in [5, 5.41) is 7.43. The summed E-state index contributed by atoms with van der Waals surface area (Å²) in [6.07, 6.45) is 0. The Kier molecular flexibility index (Phi) is 6.29. The second kappa shape index (κ2) is 9.05. The van der Waals surface area contributed by atoms with Crippen molar-refractivity contribution in [1.82, 2.24) is 15.1 Å². The number of nitrogens with zero attached hydrogens (tertiary/aromatic N) is 2. The molecular weight excluding hydrogens is 368 g/mol. The van der Waals surface area contributed by atoms with Gasteiger partial charge in [0.1, 0.15) is 5.75 Å². The Morgan fingerprint density at radius 3 is 2.48 bits per heavy atom. The van der Waals surface area contributed by atoms with Crippen LogP contribution in [-0.2, 0) is 17.9 Å². The molecule has 0 spiro atoms. The zero-order chi connectivity index (χ0) is 20.8. The summed E-state index contributed by atoms with van der Waals surface area (Å²) in [7, 11) is 0. The molecule has 29 heavy (non-hydrogen) atoms. The number of ether oxygens (including phenoxy) is 1. The van der Waals surface area contributed by atoms with Crippen LogP contribution in [0.5, 0.6) is 5.75 Å². The molecule has 3 aromatic rings. The van der Waals surface area contributed by atoms with E-state index >= 15 is 0 Å². The number of para-hydroxylation sites is 1. The van der Waals surface area contributed by atoms with Crippen molar-refractivity contribution in [3.05, 3.63) is 82.7 Å². The highest BCUT2D eigenvalue weighted by Gasteiger charge is 2.14. The van der Waals surface area contributed by atoms with Gasteiger partial charge in [-0.25, -0.2) is 0 Å². The number of aryl methyl sites for hydroxylation is 1. The lowest BCUT2D eigenvalue weighted by Crippen LogP contribution is -2.29. The molecule has 0 aliphatic carbocycles. The van der Waals surface area contributed by atoms with Gasteiger partial charge < -0.3 is 15.8 Å². The van der Waals surface area contributed by atoms with Gasteiger partial charge in [-0.3, -0.25) is 14.3 Å². The van der Waals surface area contributed by atoms with Crippen LogP contribution < -0.4 is 15.8 Å². The van der Waals surface area contributed by atoms with Gasteiger partial charge in [-0.2, -0.15) is 5.10 Å². The van der Waals surface area contributed by atoms with Crippen LogP contribution in [-0.4, -0.2) is 28.2 Å². The molecule has 0 saturated heterocycles. The van der Waals surface area contributed by atoms with Crippen LogP contribution in [0, 0.1) is 13.8 Å². The van der Waals surface area contributed by atoms with E-state index in [9.17, 15) is 9.59 Å². The van der Waals surface area contributed by atoms with Crippen LogP contribution in [0.1, 0.15) is 32.9 Å². The Balaban J connectivity index is 1.59. The molecule has 7 heteroatoms. The van der Waals surface area contributed by atoms with Crippen LogP contribution in [0.4, 0.5) is 0 Å². The van der Waals surface area contributed by atoms with Crippen molar-refractivity contribution in [2.75, 3.05) is 6.61 Å². The Morgan fingerprint density at radius 2 is 1.76 bits per heavy atom. The van der Waals surface area contributed by atoms with Crippen molar-refractivity contribution in [2.24, 2.45) is 5.73 Å². The summed E-state index contributed by atoms with van der Waals surface area (Å²) in [6, 6.07) is 16.7. The number of rotatable bonds is 8. The van der Waals surface area contributed by atoms with Gasteiger partial charge in [0.05, 0.1) is 17.8 Å². The fourth-order valence-electron chi connectivity index (χ4n) is 3.08. The van der Waals surface area contributed by atoms with Crippen molar-refractivity contribution >= 4 is 11.8 Å². The number of primary amides is 1. The summed E-state index contributed by atoms with van der Waals surface area (Å²) in [5.74, 6) is -0.602. The summed E-state index contributed by atoms with van der Waals surface area (Å²) >= 11 is 0. The van der Waals surface area contributed by atoms with Crippen molar-refractivity contribution in [3.63, 3.8) is 0 Å². The fraction of sp³-hybridized carbons (Fsp3) is 0.227. The average Bonchev–Trinajstić information content (AvgIpc) is 2.98. The van der Waals surface area contributed by atoms with E-state index in [4.69, 9.17) is 10.5 Å². The molecule has 0 aliphatic heterocycles. The molecule has 0 radical (unpaired) electrons. The third-order valence-electron chi connectivity index (χ3n) is 4.68. The van der Waals surface area contributed by atoms with Crippen LogP contribution in [0.25, 0.3) is 0 Å². The van der Waals surface area contributed by atoms with Crippen molar-refractivity contribution < 1.29 is 14.3 Å². The van der Waals surface area contributed by atoms with E-state index in [2.05, 4.69) is 22.5 Å². The minimum atomic E-state index is -0.599. The molecule has 2 amide bonds. The predicted molar refractivity (Wildman–Crippen MR) is 110 cm³/mol. The first-order valence-electron chi connectivity index (χ1n) is 9.31. The summed E-state index contributed by atoms with van der Waals surface area (Å²) in [6.45, 7) is 4.74. The zero-order valence-corrected chi connectivity index (χ0v) is 16.5. The van der Waals surface area contributed by atoms with E-state index in [0.29, 0.717) is 13.1 Å². The molecule has 7 nitrogen and oxygen atoms in total. The van der Waals surface area contributed by atoms with Gasteiger partial charge in [0, 0.05) is 17.8 Å². The summed E-state index contributed by atoms with van der Waals surface area (Å²) in [5.41, 5.74) is 9.58. The second-order valence-electron chi connectivity index (χ2n) is 6.72. The monoisotopic (exact) mass is 392 g/mol. The number of nitrogens with one attached hydrogen (secondary N) is 1. The minimum absolute atomic E-state index is 0.208. The Morgan fingerprint density at radius 1 is 1.07 bits per heavy atom. The highest BCUT2D eigenvalue weighted by Crippen LogP contribution is 2.17. The topological polar surface area (TPSA) is 99.2 Å². The molecule has 0 atom stereocenters.